The number of hydrogen-bond acceptors (Lipinski definition) is 5. The molecule has 8 heteroatoms. The molecule has 1 N–H and O–H groups in total. The lowest BCUT2D eigenvalue weighted by Gasteiger charge is -2.12. The minimum Gasteiger partial charge on any atom is -0.497 e. The van der Waals surface area contributed by atoms with Gasteiger partial charge in [0.2, 0.25) is 0 Å². The van der Waals surface area contributed by atoms with Crippen molar-refractivity contribution >= 4 is 17.3 Å². The average molecular weight is 382 g/mol. The average Bonchev–Trinajstić information content (AvgIpc) is 2.70. The summed E-state index contributed by atoms with van der Waals surface area (Å²) in [5, 5.41) is 13.4. The van der Waals surface area contributed by atoms with Gasteiger partial charge in [0.15, 0.2) is 11.6 Å². The van der Waals surface area contributed by atoms with Crippen LogP contribution in [0.1, 0.15) is 10.4 Å². The van der Waals surface area contributed by atoms with Crippen molar-refractivity contribution in [3.05, 3.63) is 88.2 Å². The van der Waals surface area contributed by atoms with E-state index in [0.717, 1.165) is 18.2 Å². The molecule has 0 aliphatic heterocycles. The number of methoxy groups -OCH3 is 1. The third-order valence-electron chi connectivity index (χ3n) is 3.83. The number of nitrogens with one attached hydrogen (secondary N) is 1. The van der Waals surface area contributed by atoms with Crippen molar-refractivity contribution in [1.29, 1.82) is 0 Å². The van der Waals surface area contributed by atoms with Gasteiger partial charge in [0.25, 0.3) is 11.6 Å². The molecule has 0 spiro atoms. The predicted octanol–water partition coefficient (Wildman–Crippen LogP) is 4.79. The molecule has 0 atom stereocenters. The van der Waals surface area contributed by atoms with Crippen LogP contribution >= 0.6 is 0 Å². The Kier molecular flexibility index (Phi) is 5.50. The second kappa shape index (κ2) is 8.17. The highest BCUT2D eigenvalue weighted by molar-refractivity contribution is 6.06. The maximum atomic E-state index is 14.1. The van der Waals surface area contributed by atoms with E-state index in [-0.39, 0.29) is 17.1 Å². The first-order chi connectivity index (χ1) is 13.5. The van der Waals surface area contributed by atoms with Crippen molar-refractivity contribution in [3.63, 3.8) is 0 Å². The molecular weight excluding hydrogens is 367 g/mol. The van der Waals surface area contributed by atoms with E-state index in [1.165, 1.54) is 12.1 Å². The number of benzene rings is 3. The topological polar surface area (TPSA) is 90.7 Å². The van der Waals surface area contributed by atoms with Crippen LogP contribution in [0.3, 0.4) is 0 Å². The van der Waals surface area contributed by atoms with Gasteiger partial charge < -0.3 is 14.8 Å². The number of amides is 1. The fourth-order valence-electron chi connectivity index (χ4n) is 2.42. The number of ether oxygens (including phenoxy) is 2. The number of nitrogens with zero attached hydrogens (tertiary/aromatic N) is 1. The van der Waals surface area contributed by atoms with E-state index in [1.54, 1.807) is 43.5 Å². The normalized spacial score (nSPS) is 10.2. The molecule has 1 amide bonds. The maximum Gasteiger partial charge on any atom is 0.272 e. The van der Waals surface area contributed by atoms with Gasteiger partial charge in [-0.1, -0.05) is 12.1 Å². The number of non-ortho nitro benzene ring substituents is 1. The summed E-state index contributed by atoms with van der Waals surface area (Å²) in [6.45, 7) is 0. The summed E-state index contributed by atoms with van der Waals surface area (Å²) in [6, 6.07) is 16.1. The maximum absolute atomic E-state index is 14.1. The minimum absolute atomic E-state index is 0.112. The van der Waals surface area contributed by atoms with Crippen molar-refractivity contribution in [2.75, 3.05) is 12.4 Å². The Morgan fingerprint density at radius 1 is 1.04 bits per heavy atom. The van der Waals surface area contributed by atoms with Crippen LogP contribution < -0.4 is 14.8 Å². The molecule has 142 valence electrons. The fourth-order valence-corrected chi connectivity index (χ4v) is 2.42. The third-order valence-corrected chi connectivity index (χ3v) is 3.83. The molecule has 3 aromatic carbocycles. The van der Waals surface area contributed by atoms with Crippen molar-refractivity contribution in [3.8, 4) is 17.2 Å². The summed E-state index contributed by atoms with van der Waals surface area (Å²) in [5.74, 6) is -0.824. The van der Waals surface area contributed by atoms with Crippen molar-refractivity contribution < 1.29 is 23.6 Å². The molecule has 0 aliphatic rings. The van der Waals surface area contributed by atoms with E-state index in [9.17, 15) is 19.3 Å². The Balaban J connectivity index is 1.82. The summed E-state index contributed by atoms with van der Waals surface area (Å²) in [4.78, 5) is 22.6. The van der Waals surface area contributed by atoms with E-state index < -0.39 is 22.3 Å². The number of rotatable bonds is 6. The monoisotopic (exact) mass is 382 g/mol. The number of nitro groups is 1. The minimum atomic E-state index is -0.903. The van der Waals surface area contributed by atoms with Crippen molar-refractivity contribution in [1.82, 2.24) is 0 Å². The molecule has 0 saturated heterocycles. The molecule has 0 fully saturated rings. The zero-order chi connectivity index (χ0) is 20.1. The molecule has 3 rings (SSSR count). The van der Waals surface area contributed by atoms with Crippen LogP contribution in [0.25, 0.3) is 0 Å². The van der Waals surface area contributed by atoms with Gasteiger partial charge in [-0.15, -0.1) is 0 Å². The van der Waals surface area contributed by atoms with Crippen LogP contribution in [0, 0.1) is 15.9 Å². The lowest BCUT2D eigenvalue weighted by Crippen LogP contribution is -2.13. The molecule has 0 radical (unpaired) electrons. The van der Waals surface area contributed by atoms with Crippen LogP contribution in [-0.2, 0) is 0 Å². The van der Waals surface area contributed by atoms with Gasteiger partial charge in [-0.2, -0.15) is 0 Å². The number of carbonyl (C=O) groups excluding carboxylic acids is 1. The number of para-hydroxylation sites is 1. The first kappa shape index (κ1) is 18.8. The smallest absolute Gasteiger partial charge is 0.272 e. The lowest BCUT2D eigenvalue weighted by molar-refractivity contribution is -0.385. The quantitative estimate of drug-likeness (QED) is 0.489. The Morgan fingerprint density at radius 2 is 1.75 bits per heavy atom. The zero-order valence-corrected chi connectivity index (χ0v) is 14.7. The summed E-state index contributed by atoms with van der Waals surface area (Å²) in [5.41, 5.74) is 0.327. The number of nitro benzene ring substituents is 1. The van der Waals surface area contributed by atoms with E-state index in [0.29, 0.717) is 11.4 Å². The molecule has 28 heavy (non-hydrogen) atoms. The van der Waals surface area contributed by atoms with Crippen LogP contribution in [0.5, 0.6) is 17.2 Å². The molecule has 7 nitrogen and oxygen atoms in total. The molecule has 0 saturated carbocycles. The third kappa shape index (κ3) is 4.24. The summed E-state index contributed by atoms with van der Waals surface area (Å²) in [7, 11) is 1.54. The van der Waals surface area contributed by atoms with E-state index in [4.69, 9.17) is 9.47 Å². The summed E-state index contributed by atoms with van der Waals surface area (Å²) < 4.78 is 24.7. The van der Waals surface area contributed by atoms with Gasteiger partial charge in [-0.3, -0.25) is 14.9 Å². The SMILES string of the molecule is COc1ccc(NC(=O)c2ccccc2Oc2ccc([N+](=O)[O-])cc2F)cc1. The van der Waals surface area contributed by atoms with E-state index in [1.807, 2.05) is 0 Å². The van der Waals surface area contributed by atoms with E-state index in [2.05, 4.69) is 5.32 Å². The van der Waals surface area contributed by atoms with Gasteiger partial charge in [0.1, 0.15) is 11.5 Å². The Hall–Kier alpha value is -3.94. The molecule has 3 aromatic rings. The molecule has 0 heterocycles. The van der Waals surface area contributed by atoms with Crippen molar-refractivity contribution in [2.45, 2.75) is 0 Å². The largest absolute Gasteiger partial charge is 0.497 e. The number of halogens is 1. The highest BCUT2D eigenvalue weighted by atomic mass is 19.1. The number of carbonyl (C=O) groups is 1. The van der Waals surface area contributed by atoms with Crippen LogP contribution in [0.2, 0.25) is 0 Å². The Bertz CT molecular complexity index is 1020. The van der Waals surface area contributed by atoms with Gasteiger partial charge in [0.05, 0.1) is 23.7 Å². The highest BCUT2D eigenvalue weighted by Crippen LogP contribution is 2.30. The standard InChI is InChI=1S/C20H15FN2O5/c1-27-15-9-6-13(7-10-15)22-20(24)16-4-2-3-5-18(16)28-19-11-8-14(23(25)26)12-17(19)21/h2-12H,1H3,(H,22,24). The molecule has 0 bridgehead atoms. The number of anilines is 1. The summed E-state index contributed by atoms with van der Waals surface area (Å²) >= 11 is 0. The molecule has 0 aromatic heterocycles. The second-order valence-electron chi connectivity index (χ2n) is 5.65. The molecule has 0 unspecified atom stereocenters. The fraction of sp³-hybridized carbons (Fsp3) is 0.0500. The van der Waals surface area contributed by atoms with Crippen molar-refractivity contribution in [2.24, 2.45) is 0 Å². The number of hydrogen-bond donors (Lipinski definition) is 1. The predicted molar refractivity (Wildman–Crippen MR) is 101 cm³/mol. The lowest BCUT2D eigenvalue weighted by atomic mass is 10.1. The first-order valence-electron chi connectivity index (χ1n) is 8.14. The van der Waals surface area contributed by atoms with Crippen LogP contribution in [-0.4, -0.2) is 17.9 Å². The Labute approximate surface area is 159 Å². The summed E-state index contributed by atoms with van der Waals surface area (Å²) in [6.07, 6.45) is 0. The molecule has 0 aliphatic carbocycles. The van der Waals surface area contributed by atoms with Crippen LogP contribution in [0.4, 0.5) is 15.8 Å². The van der Waals surface area contributed by atoms with Crippen LogP contribution in [0.15, 0.2) is 66.7 Å². The molecular formula is C20H15FN2O5. The van der Waals surface area contributed by atoms with Gasteiger partial charge >= 0.3 is 0 Å². The Morgan fingerprint density at radius 3 is 2.39 bits per heavy atom. The van der Waals surface area contributed by atoms with Gasteiger partial charge in [0, 0.05) is 11.8 Å². The first-order valence-corrected chi connectivity index (χ1v) is 8.14. The zero-order valence-electron chi connectivity index (χ0n) is 14.7. The van der Waals surface area contributed by atoms with E-state index >= 15 is 0 Å². The van der Waals surface area contributed by atoms with Gasteiger partial charge in [-0.25, -0.2) is 4.39 Å². The second-order valence-corrected chi connectivity index (χ2v) is 5.65. The highest BCUT2D eigenvalue weighted by Gasteiger charge is 2.17. The van der Waals surface area contributed by atoms with Gasteiger partial charge in [-0.05, 0) is 42.5 Å².